The highest BCUT2D eigenvalue weighted by molar-refractivity contribution is 5.82. The van der Waals surface area contributed by atoms with Gasteiger partial charge in [0, 0.05) is 43.7 Å². The fraction of sp³-hybridized carbons (Fsp3) is 0.929. The molecule has 2 aliphatic heterocycles. The third-order valence-corrected chi connectivity index (χ3v) is 10.5. The molecule has 7 heteroatoms. The SMILES string of the molecule is CC1CCC(F)C2CC(C(=O)N[C@H]3CCC[C@H](N4CCCN(C)C(=O)C4)C3)NC12C1CCCCC1. The first-order valence-corrected chi connectivity index (χ1v) is 14.6. The zero-order valence-electron chi connectivity index (χ0n) is 21.9. The molecule has 2 heterocycles. The maximum atomic E-state index is 15.3. The summed E-state index contributed by atoms with van der Waals surface area (Å²) < 4.78 is 15.3. The highest BCUT2D eigenvalue weighted by atomic mass is 19.1. The van der Waals surface area contributed by atoms with Gasteiger partial charge in [-0.15, -0.1) is 0 Å². The molecule has 5 aliphatic rings. The quantitative estimate of drug-likeness (QED) is 0.632. The lowest BCUT2D eigenvalue weighted by atomic mass is 9.58. The second-order valence-electron chi connectivity index (χ2n) is 12.5. The van der Waals surface area contributed by atoms with E-state index in [1.54, 1.807) is 0 Å². The molecule has 2 amide bonds. The van der Waals surface area contributed by atoms with Gasteiger partial charge in [-0.05, 0) is 76.0 Å². The monoisotopic (exact) mass is 490 g/mol. The van der Waals surface area contributed by atoms with Gasteiger partial charge >= 0.3 is 0 Å². The van der Waals surface area contributed by atoms with Crippen LogP contribution < -0.4 is 10.6 Å². The molecule has 0 spiro atoms. The van der Waals surface area contributed by atoms with Crippen molar-refractivity contribution in [2.45, 2.75) is 120 Å². The Bertz CT molecular complexity index is 774. The van der Waals surface area contributed by atoms with Crippen LogP contribution >= 0.6 is 0 Å². The third kappa shape index (κ3) is 5.01. The second-order valence-corrected chi connectivity index (χ2v) is 12.5. The molecule has 198 valence electrons. The fourth-order valence-corrected chi connectivity index (χ4v) is 8.55. The Morgan fingerprint density at radius 2 is 1.80 bits per heavy atom. The van der Waals surface area contributed by atoms with E-state index in [1.807, 2.05) is 11.9 Å². The van der Waals surface area contributed by atoms with E-state index >= 15 is 4.39 Å². The van der Waals surface area contributed by atoms with Gasteiger partial charge in [0.05, 0.1) is 12.6 Å². The first kappa shape index (κ1) is 25.4. The summed E-state index contributed by atoms with van der Waals surface area (Å²) in [5.41, 5.74) is -0.215. The van der Waals surface area contributed by atoms with Crippen LogP contribution in [0.4, 0.5) is 4.39 Å². The highest BCUT2D eigenvalue weighted by Crippen LogP contribution is 2.53. The van der Waals surface area contributed by atoms with Crippen molar-refractivity contribution in [2.75, 3.05) is 26.7 Å². The van der Waals surface area contributed by atoms with E-state index in [4.69, 9.17) is 0 Å². The Balaban J connectivity index is 1.24. The van der Waals surface area contributed by atoms with Crippen molar-refractivity contribution in [3.8, 4) is 0 Å². The summed E-state index contributed by atoms with van der Waals surface area (Å²) in [6.07, 6.45) is 12.6. The first-order valence-electron chi connectivity index (χ1n) is 14.6. The number of amides is 2. The number of halogens is 1. The summed E-state index contributed by atoms with van der Waals surface area (Å²) >= 11 is 0. The van der Waals surface area contributed by atoms with Crippen LogP contribution in [-0.4, -0.2) is 78.1 Å². The smallest absolute Gasteiger partial charge is 0.237 e. The Kier molecular flexibility index (Phi) is 7.74. The maximum absolute atomic E-state index is 15.3. The van der Waals surface area contributed by atoms with Gasteiger partial charge in [0.15, 0.2) is 0 Å². The van der Waals surface area contributed by atoms with Crippen LogP contribution in [0.25, 0.3) is 0 Å². The molecule has 0 aromatic rings. The van der Waals surface area contributed by atoms with Crippen LogP contribution in [0, 0.1) is 17.8 Å². The number of alkyl halides is 1. The summed E-state index contributed by atoms with van der Waals surface area (Å²) in [4.78, 5) is 30.2. The largest absolute Gasteiger partial charge is 0.352 e. The predicted octanol–water partition coefficient (Wildman–Crippen LogP) is 3.64. The van der Waals surface area contributed by atoms with Crippen molar-refractivity contribution < 1.29 is 14.0 Å². The van der Waals surface area contributed by atoms with Crippen LogP contribution in [0.1, 0.15) is 90.4 Å². The normalized spacial score (nSPS) is 41.9. The van der Waals surface area contributed by atoms with Gasteiger partial charge in [0.1, 0.15) is 6.17 Å². The van der Waals surface area contributed by atoms with Crippen molar-refractivity contribution in [3.05, 3.63) is 0 Å². The van der Waals surface area contributed by atoms with Gasteiger partial charge < -0.3 is 10.2 Å². The van der Waals surface area contributed by atoms with E-state index < -0.39 is 6.17 Å². The van der Waals surface area contributed by atoms with E-state index in [1.165, 1.54) is 32.1 Å². The lowest BCUT2D eigenvalue weighted by Gasteiger charge is -2.52. The summed E-state index contributed by atoms with van der Waals surface area (Å²) in [7, 11) is 1.89. The topological polar surface area (TPSA) is 64.7 Å². The molecular weight excluding hydrogens is 443 g/mol. The van der Waals surface area contributed by atoms with Crippen molar-refractivity contribution >= 4 is 11.8 Å². The van der Waals surface area contributed by atoms with Crippen molar-refractivity contribution in [1.29, 1.82) is 0 Å². The molecule has 5 fully saturated rings. The Morgan fingerprint density at radius 1 is 1.00 bits per heavy atom. The Labute approximate surface area is 211 Å². The highest BCUT2D eigenvalue weighted by Gasteiger charge is 2.60. The number of carbonyl (C=O) groups excluding carboxylic acids is 2. The van der Waals surface area contributed by atoms with Gasteiger partial charge in [-0.1, -0.05) is 26.2 Å². The Morgan fingerprint density at radius 3 is 2.60 bits per heavy atom. The molecule has 0 radical (unpaired) electrons. The maximum Gasteiger partial charge on any atom is 0.237 e. The van der Waals surface area contributed by atoms with Crippen LogP contribution in [0.3, 0.4) is 0 Å². The summed E-state index contributed by atoms with van der Waals surface area (Å²) in [5.74, 6) is 1.15. The van der Waals surface area contributed by atoms with Crippen molar-refractivity contribution in [3.63, 3.8) is 0 Å². The fourth-order valence-electron chi connectivity index (χ4n) is 8.55. The van der Waals surface area contributed by atoms with Gasteiger partial charge in [-0.3, -0.25) is 19.8 Å². The minimum atomic E-state index is -0.795. The van der Waals surface area contributed by atoms with Gasteiger partial charge in [-0.25, -0.2) is 4.39 Å². The first-order chi connectivity index (χ1) is 16.9. The number of carbonyl (C=O) groups is 2. The average Bonchev–Trinajstić information content (AvgIpc) is 3.22. The zero-order valence-corrected chi connectivity index (χ0v) is 21.9. The van der Waals surface area contributed by atoms with Gasteiger partial charge in [0.2, 0.25) is 11.8 Å². The number of likely N-dealkylation sites (N-methyl/N-ethyl adjacent to an activating group) is 1. The summed E-state index contributed by atoms with van der Waals surface area (Å²) in [6, 6.07) is 0.216. The third-order valence-electron chi connectivity index (χ3n) is 10.5. The van der Waals surface area contributed by atoms with Crippen LogP contribution in [0.5, 0.6) is 0 Å². The van der Waals surface area contributed by atoms with Gasteiger partial charge in [0.25, 0.3) is 0 Å². The summed E-state index contributed by atoms with van der Waals surface area (Å²) in [6.45, 7) is 4.57. The van der Waals surface area contributed by atoms with E-state index in [2.05, 4.69) is 22.5 Å². The molecule has 35 heavy (non-hydrogen) atoms. The summed E-state index contributed by atoms with van der Waals surface area (Å²) in [5, 5.41) is 7.21. The van der Waals surface area contributed by atoms with E-state index in [-0.39, 0.29) is 35.4 Å². The molecular formula is C28H47FN4O2. The minimum Gasteiger partial charge on any atom is -0.352 e. The van der Waals surface area contributed by atoms with E-state index in [9.17, 15) is 9.59 Å². The number of rotatable bonds is 4. The number of nitrogens with one attached hydrogen (secondary N) is 2. The molecule has 0 aromatic carbocycles. The number of nitrogens with zero attached hydrogens (tertiary/aromatic N) is 2. The van der Waals surface area contributed by atoms with Crippen LogP contribution in [-0.2, 0) is 9.59 Å². The molecule has 2 N–H and O–H groups in total. The predicted molar refractivity (Wildman–Crippen MR) is 136 cm³/mol. The lowest BCUT2D eigenvalue weighted by Crippen LogP contribution is -2.62. The zero-order chi connectivity index (χ0) is 24.6. The molecule has 5 rings (SSSR count). The number of fused-ring (bicyclic) bond motifs is 1. The molecule has 3 aliphatic carbocycles. The van der Waals surface area contributed by atoms with E-state index in [0.29, 0.717) is 37.3 Å². The lowest BCUT2D eigenvalue weighted by molar-refractivity contribution is -0.130. The standard InChI is InChI=1S/C28H47FN4O2/c1-19-12-13-24(29)23-17-25(31-28(19,23)20-8-4-3-5-9-20)27(35)30-21-10-6-11-22(16-21)33-15-7-14-32(2)26(34)18-33/h19-25,31H,3-18H2,1-2H3,(H,30,35)/t19?,21-,22-,23?,24?,25?,28?/m0/s1. The second kappa shape index (κ2) is 10.6. The molecule has 3 saturated carbocycles. The minimum absolute atomic E-state index is 0.0377. The average molecular weight is 491 g/mol. The van der Waals surface area contributed by atoms with Crippen molar-refractivity contribution in [1.82, 2.24) is 20.4 Å². The molecule has 7 atom stereocenters. The number of hydrogen-bond donors (Lipinski definition) is 2. The molecule has 2 saturated heterocycles. The Hall–Kier alpha value is -1.21. The number of hydrogen-bond acceptors (Lipinski definition) is 4. The van der Waals surface area contributed by atoms with Crippen LogP contribution in [0.2, 0.25) is 0 Å². The molecule has 6 nitrogen and oxygen atoms in total. The van der Waals surface area contributed by atoms with Crippen molar-refractivity contribution in [2.24, 2.45) is 17.8 Å². The molecule has 5 unspecified atom stereocenters. The van der Waals surface area contributed by atoms with E-state index in [0.717, 1.165) is 51.6 Å². The van der Waals surface area contributed by atoms with Gasteiger partial charge in [-0.2, -0.15) is 0 Å². The molecule has 0 aromatic heterocycles. The molecule has 0 bridgehead atoms. The van der Waals surface area contributed by atoms with Crippen LogP contribution in [0.15, 0.2) is 0 Å².